The molecule has 0 aliphatic carbocycles. The maximum absolute atomic E-state index is 13.1. The zero-order valence-electron chi connectivity index (χ0n) is 13.6. The predicted octanol–water partition coefficient (Wildman–Crippen LogP) is 2.79. The number of alkyl halides is 3. The Morgan fingerprint density at radius 1 is 1.09 bits per heavy atom. The van der Waals surface area contributed by atoms with Gasteiger partial charge in [-0.2, -0.15) is 13.2 Å². The van der Waals surface area contributed by atoms with Crippen molar-refractivity contribution in [1.29, 1.82) is 0 Å². The lowest BCUT2D eigenvalue weighted by Crippen LogP contribution is -2.41. The fourth-order valence-corrected chi connectivity index (χ4v) is 2.17. The summed E-state index contributed by atoms with van der Waals surface area (Å²) in [5.74, 6) is -0.853. The summed E-state index contributed by atoms with van der Waals surface area (Å²) in [6, 6.07) is 2.97. The van der Waals surface area contributed by atoms with Gasteiger partial charge >= 0.3 is 19.3 Å². The third-order valence-electron chi connectivity index (χ3n) is 4.23. The van der Waals surface area contributed by atoms with Crippen LogP contribution >= 0.6 is 0 Å². The number of carbonyl (C=O) groups is 1. The van der Waals surface area contributed by atoms with E-state index in [-0.39, 0.29) is 11.0 Å². The summed E-state index contributed by atoms with van der Waals surface area (Å²) < 4.78 is 55.2. The summed E-state index contributed by atoms with van der Waals surface area (Å²) in [5, 5.41) is 0. The van der Waals surface area contributed by atoms with E-state index in [1.807, 2.05) is 0 Å². The summed E-state index contributed by atoms with van der Waals surface area (Å²) in [7, 11) is 0.113. The Kier molecular flexibility index (Phi) is 4.28. The minimum absolute atomic E-state index is 0.124. The van der Waals surface area contributed by atoms with Gasteiger partial charge in [-0.25, -0.2) is 4.79 Å². The molecule has 0 aromatic heterocycles. The fraction of sp³-hybridized carbons (Fsp3) is 0.533. The van der Waals surface area contributed by atoms with Crippen molar-refractivity contribution >= 4 is 18.6 Å². The van der Waals surface area contributed by atoms with Gasteiger partial charge in [0.05, 0.1) is 29.4 Å². The van der Waals surface area contributed by atoms with Gasteiger partial charge in [0, 0.05) is 0 Å². The highest BCUT2D eigenvalue weighted by atomic mass is 19.4. The van der Waals surface area contributed by atoms with Crippen molar-refractivity contribution in [2.24, 2.45) is 0 Å². The maximum Gasteiger partial charge on any atom is 0.494 e. The first-order valence-corrected chi connectivity index (χ1v) is 7.03. The van der Waals surface area contributed by atoms with Crippen LogP contribution in [0.15, 0.2) is 18.2 Å². The Hall–Kier alpha value is -1.54. The Bertz CT molecular complexity index is 610. The van der Waals surface area contributed by atoms with Crippen molar-refractivity contribution < 1.29 is 32.0 Å². The zero-order valence-corrected chi connectivity index (χ0v) is 13.6. The Morgan fingerprint density at radius 3 is 2.04 bits per heavy atom. The molecule has 1 heterocycles. The monoisotopic (exact) mass is 330 g/mol. The number of methoxy groups -OCH3 is 1. The van der Waals surface area contributed by atoms with Crippen molar-refractivity contribution in [2.45, 2.75) is 45.1 Å². The van der Waals surface area contributed by atoms with Crippen molar-refractivity contribution in [3.05, 3.63) is 29.3 Å². The van der Waals surface area contributed by atoms with Gasteiger partial charge in [0.25, 0.3) is 0 Å². The second-order valence-electron chi connectivity index (χ2n) is 6.42. The first-order chi connectivity index (χ1) is 10.4. The van der Waals surface area contributed by atoms with E-state index in [0.29, 0.717) is 0 Å². The Labute approximate surface area is 133 Å². The zero-order chi connectivity index (χ0) is 17.6. The predicted molar refractivity (Wildman–Crippen MR) is 78.5 cm³/mol. The van der Waals surface area contributed by atoms with Crippen LogP contribution in [0.1, 0.15) is 43.6 Å². The third kappa shape index (κ3) is 3.38. The van der Waals surface area contributed by atoms with Crippen LogP contribution < -0.4 is 5.46 Å². The molecular formula is C15H18BF3O4. The number of hydrogen-bond donors (Lipinski definition) is 0. The lowest BCUT2D eigenvalue weighted by molar-refractivity contribution is -0.137. The molecule has 0 atom stereocenters. The summed E-state index contributed by atoms with van der Waals surface area (Å²) in [6.07, 6.45) is -4.59. The van der Waals surface area contributed by atoms with Crippen LogP contribution in [0, 0.1) is 0 Å². The van der Waals surface area contributed by atoms with Crippen LogP contribution in [0.25, 0.3) is 0 Å². The van der Waals surface area contributed by atoms with Gasteiger partial charge in [-0.3, -0.25) is 0 Å². The number of esters is 1. The molecule has 4 nitrogen and oxygen atoms in total. The van der Waals surface area contributed by atoms with Crippen molar-refractivity contribution in [3.63, 3.8) is 0 Å². The van der Waals surface area contributed by atoms with E-state index in [2.05, 4.69) is 4.74 Å². The summed E-state index contributed by atoms with van der Waals surface area (Å²) in [5.41, 5.74) is -2.43. The van der Waals surface area contributed by atoms with Crippen molar-refractivity contribution in [1.82, 2.24) is 0 Å². The van der Waals surface area contributed by atoms with Gasteiger partial charge in [0.1, 0.15) is 0 Å². The molecule has 0 spiro atoms. The van der Waals surface area contributed by atoms with E-state index in [4.69, 9.17) is 9.31 Å². The standard InChI is InChI=1S/C15H18BF3O4/c1-13(2)14(3,4)23-16(22-13)11-7-9(12(20)21-5)6-10(8-11)15(17,18)19/h6-8H,1-5H3. The first kappa shape index (κ1) is 17.8. The minimum Gasteiger partial charge on any atom is -0.465 e. The Balaban J connectivity index is 2.49. The van der Waals surface area contributed by atoms with E-state index in [9.17, 15) is 18.0 Å². The smallest absolute Gasteiger partial charge is 0.465 e. The molecule has 1 saturated heterocycles. The molecule has 0 unspecified atom stereocenters. The second kappa shape index (κ2) is 5.52. The summed E-state index contributed by atoms with van der Waals surface area (Å²) in [4.78, 5) is 11.6. The highest BCUT2D eigenvalue weighted by Crippen LogP contribution is 2.37. The van der Waals surface area contributed by atoms with Crippen LogP contribution in [0.3, 0.4) is 0 Å². The largest absolute Gasteiger partial charge is 0.494 e. The van der Waals surface area contributed by atoms with E-state index in [1.54, 1.807) is 27.7 Å². The van der Waals surface area contributed by atoms with Gasteiger partial charge in [-0.15, -0.1) is 0 Å². The van der Waals surface area contributed by atoms with E-state index >= 15 is 0 Å². The molecule has 8 heteroatoms. The van der Waals surface area contributed by atoms with E-state index < -0.39 is 36.0 Å². The van der Waals surface area contributed by atoms with E-state index in [0.717, 1.165) is 19.2 Å². The van der Waals surface area contributed by atoms with Gasteiger partial charge in [0.15, 0.2) is 0 Å². The number of halogens is 3. The van der Waals surface area contributed by atoms with Gasteiger partial charge in [-0.1, -0.05) is 6.07 Å². The quantitative estimate of drug-likeness (QED) is 0.618. The van der Waals surface area contributed by atoms with Crippen molar-refractivity contribution in [3.8, 4) is 0 Å². The molecule has 23 heavy (non-hydrogen) atoms. The molecule has 0 radical (unpaired) electrons. The molecule has 126 valence electrons. The number of carbonyl (C=O) groups excluding carboxylic acids is 1. The van der Waals surface area contributed by atoms with Crippen molar-refractivity contribution in [2.75, 3.05) is 7.11 Å². The fourth-order valence-electron chi connectivity index (χ4n) is 2.17. The highest BCUT2D eigenvalue weighted by molar-refractivity contribution is 6.62. The molecule has 0 amide bonds. The minimum atomic E-state index is -4.59. The number of hydrogen-bond acceptors (Lipinski definition) is 4. The molecule has 1 aromatic carbocycles. The molecule has 0 saturated carbocycles. The molecule has 1 aliphatic heterocycles. The van der Waals surface area contributed by atoms with Crippen LogP contribution in [0.4, 0.5) is 13.2 Å². The molecule has 0 N–H and O–H groups in total. The lowest BCUT2D eigenvalue weighted by atomic mass is 9.77. The number of benzene rings is 1. The van der Waals surface area contributed by atoms with Crippen LogP contribution in [-0.4, -0.2) is 31.4 Å². The number of ether oxygens (including phenoxy) is 1. The van der Waals surface area contributed by atoms with Gasteiger partial charge < -0.3 is 14.0 Å². The first-order valence-electron chi connectivity index (χ1n) is 7.03. The second-order valence-corrected chi connectivity index (χ2v) is 6.42. The highest BCUT2D eigenvalue weighted by Gasteiger charge is 2.52. The summed E-state index contributed by atoms with van der Waals surface area (Å²) in [6.45, 7) is 7.17. The maximum atomic E-state index is 13.1. The Morgan fingerprint density at radius 2 is 1.61 bits per heavy atom. The van der Waals surface area contributed by atoms with Crippen LogP contribution in [0.2, 0.25) is 0 Å². The molecule has 2 rings (SSSR count). The normalized spacial score (nSPS) is 19.7. The third-order valence-corrected chi connectivity index (χ3v) is 4.23. The van der Waals surface area contributed by atoms with Gasteiger partial charge in [-0.05, 0) is 45.3 Å². The van der Waals surface area contributed by atoms with Crippen LogP contribution in [0.5, 0.6) is 0 Å². The number of rotatable bonds is 2. The summed E-state index contributed by atoms with van der Waals surface area (Å²) >= 11 is 0. The molecule has 0 bridgehead atoms. The van der Waals surface area contributed by atoms with Crippen LogP contribution in [-0.2, 0) is 20.2 Å². The molecule has 1 aromatic rings. The topological polar surface area (TPSA) is 44.8 Å². The lowest BCUT2D eigenvalue weighted by Gasteiger charge is -2.32. The average Bonchev–Trinajstić information content (AvgIpc) is 2.65. The molecule has 1 aliphatic rings. The SMILES string of the molecule is COC(=O)c1cc(B2OC(C)(C)C(C)(C)O2)cc(C(F)(F)F)c1. The average molecular weight is 330 g/mol. The van der Waals surface area contributed by atoms with Gasteiger partial charge in [0.2, 0.25) is 0 Å². The molecular weight excluding hydrogens is 312 g/mol. The van der Waals surface area contributed by atoms with E-state index in [1.165, 1.54) is 6.07 Å². The molecule has 1 fully saturated rings.